The zero-order valence-electron chi connectivity index (χ0n) is 7.95. The Morgan fingerprint density at radius 1 is 1.00 bits per heavy atom. The van der Waals surface area contributed by atoms with Crippen LogP contribution in [0.3, 0.4) is 0 Å². The second kappa shape index (κ2) is 8.11. The Morgan fingerprint density at radius 3 is 1.92 bits per heavy atom. The van der Waals surface area contributed by atoms with Crippen molar-refractivity contribution in [2.24, 2.45) is 0 Å². The Kier molecular flexibility index (Phi) is 10.1. The number of piperidine rings is 1. The molecule has 1 fully saturated rings. The van der Waals surface area contributed by atoms with Gasteiger partial charge in [-0.25, -0.2) is 0 Å². The first-order valence-electron chi connectivity index (χ1n) is 4.16. The molecule has 0 spiro atoms. The van der Waals surface area contributed by atoms with E-state index in [0.717, 1.165) is 6.67 Å². The molecular weight excluding hydrogens is 195 g/mol. The molecule has 2 nitrogen and oxygen atoms in total. The first kappa shape index (κ1) is 15.0. The van der Waals surface area contributed by atoms with Crippen LogP contribution in [-0.4, -0.2) is 43.7 Å². The maximum Gasteiger partial charge on any atom is 0.0500 e. The second-order valence-electron chi connectivity index (χ2n) is 3.40. The summed E-state index contributed by atoms with van der Waals surface area (Å²) in [6.07, 6.45) is 4.23. The van der Waals surface area contributed by atoms with Crippen molar-refractivity contribution in [2.45, 2.75) is 19.3 Å². The fourth-order valence-corrected chi connectivity index (χ4v) is 1.50. The van der Waals surface area contributed by atoms with Gasteiger partial charge in [-0.3, -0.25) is 9.80 Å². The third-order valence-electron chi connectivity index (χ3n) is 1.93. The highest BCUT2D eigenvalue weighted by molar-refractivity contribution is 5.85. The largest absolute Gasteiger partial charge is 0.297 e. The summed E-state index contributed by atoms with van der Waals surface area (Å²) in [4.78, 5) is 4.76. The van der Waals surface area contributed by atoms with Crippen LogP contribution in [0, 0.1) is 0 Å². The van der Waals surface area contributed by atoms with Crippen molar-refractivity contribution in [3.63, 3.8) is 0 Å². The van der Waals surface area contributed by atoms with E-state index in [4.69, 9.17) is 0 Å². The molecule has 0 atom stereocenters. The average molecular weight is 215 g/mol. The van der Waals surface area contributed by atoms with E-state index in [9.17, 15) is 0 Å². The van der Waals surface area contributed by atoms with Crippen molar-refractivity contribution in [3.05, 3.63) is 0 Å². The minimum Gasteiger partial charge on any atom is -0.297 e. The number of likely N-dealkylation sites (tertiary alicyclic amines) is 1. The Hall–Kier alpha value is 0.500. The normalized spacial score (nSPS) is 18.2. The molecule has 0 saturated carbocycles. The van der Waals surface area contributed by atoms with Gasteiger partial charge in [-0.2, -0.15) is 0 Å². The van der Waals surface area contributed by atoms with E-state index >= 15 is 0 Å². The third kappa shape index (κ3) is 6.06. The lowest BCUT2D eigenvalue weighted by atomic mass is 10.1. The van der Waals surface area contributed by atoms with Crippen LogP contribution in [0.1, 0.15) is 19.3 Å². The van der Waals surface area contributed by atoms with Crippen molar-refractivity contribution in [3.8, 4) is 0 Å². The van der Waals surface area contributed by atoms with Crippen LogP contribution in [0.4, 0.5) is 0 Å². The van der Waals surface area contributed by atoms with E-state index in [1.807, 2.05) is 0 Å². The van der Waals surface area contributed by atoms with Gasteiger partial charge in [0.05, 0.1) is 6.67 Å². The molecule has 12 heavy (non-hydrogen) atoms. The van der Waals surface area contributed by atoms with Gasteiger partial charge in [-0.1, -0.05) is 6.42 Å². The summed E-state index contributed by atoms with van der Waals surface area (Å²) < 4.78 is 0. The van der Waals surface area contributed by atoms with Gasteiger partial charge in [0.2, 0.25) is 0 Å². The van der Waals surface area contributed by atoms with Crippen LogP contribution in [0.5, 0.6) is 0 Å². The number of nitrogens with zero attached hydrogens (tertiary/aromatic N) is 2. The standard InChI is InChI=1S/C8H18N2.2ClH/c1-9(2)8-10-6-4-3-5-7-10;;/h3-8H2,1-2H3;2*1H. The summed E-state index contributed by atoms with van der Waals surface area (Å²) in [6.45, 7) is 3.75. The van der Waals surface area contributed by atoms with Gasteiger partial charge < -0.3 is 0 Å². The number of rotatable bonds is 2. The maximum atomic E-state index is 2.52. The smallest absolute Gasteiger partial charge is 0.0500 e. The lowest BCUT2D eigenvalue weighted by Crippen LogP contribution is -2.37. The SMILES string of the molecule is CN(C)CN1CCCCC1.Cl.Cl. The van der Waals surface area contributed by atoms with E-state index < -0.39 is 0 Å². The maximum absolute atomic E-state index is 2.52. The van der Waals surface area contributed by atoms with E-state index in [-0.39, 0.29) is 24.8 Å². The van der Waals surface area contributed by atoms with Gasteiger partial charge in [0.1, 0.15) is 0 Å². The molecule has 0 radical (unpaired) electrons. The van der Waals surface area contributed by atoms with E-state index in [1.165, 1.54) is 32.4 Å². The number of hydrogen-bond acceptors (Lipinski definition) is 2. The lowest BCUT2D eigenvalue weighted by molar-refractivity contribution is 0.150. The van der Waals surface area contributed by atoms with Crippen molar-refractivity contribution in [2.75, 3.05) is 33.9 Å². The quantitative estimate of drug-likeness (QED) is 0.693. The van der Waals surface area contributed by atoms with Crippen LogP contribution in [0.2, 0.25) is 0 Å². The van der Waals surface area contributed by atoms with Gasteiger partial charge in [0.15, 0.2) is 0 Å². The molecule has 0 bridgehead atoms. The Balaban J connectivity index is 0. The molecule has 0 unspecified atom stereocenters. The summed E-state index contributed by atoms with van der Waals surface area (Å²) in [5.41, 5.74) is 0. The molecule has 1 saturated heterocycles. The van der Waals surface area contributed by atoms with Crippen LogP contribution >= 0.6 is 24.8 Å². The molecule has 1 aliphatic rings. The van der Waals surface area contributed by atoms with E-state index in [1.54, 1.807) is 0 Å². The van der Waals surface area contributed by atoms with Gasteiger partial charge >= 0.3 is 0 Å². The predicted octanol–water partition coefficient (Wildman–Crippen LogP) is 1.83. The average Bonchev–Trinajstić information content (AvgIpc) is 1.88. The van der Waals surface area contributed by atoms with Crippen LogP contribution in [0.15, 0.2) is 0 Å². The summed E-state index contributed by atoms with van der Waals surface area (Å²) in [5, 5.41) is 0. The molecule has 0 N–H and O–H groups in total. The van der Waals surface area contributed by atoms with Crippen molar-refractivity contribution < 1.29 is 0 Å². The fourth-order valence-electron chi connectivity index (χ4n) is 1.50. The highest BCUT2D eigenvalue weighted by Crippen LogP contribution is 2.07. The van der Waals surface area contributed by atoms with Gasteiger partial charge in [-0.05, 0) is 40.0 Å². The highest BCUT2D eigenvalue weighted by Gasteiger charge is 2.09. The van der Waals surface area contributed by atoms with Gasteiger partial charge in [0, 0.05) is 0 Å². The molecule has 76 valence electrons. The van der Waals surface area contributed by atoms with Gasteiger partial charge in [-0.15, -0.1) is 24.8 Å². The van der Waals surface area contributed by atoms with Gasteiger partial charge in [0.25, 0.3) is 0 Å². The molecule has 0 aliphatic carbocycles. The Bertz CT molecular complexity index is 93.1. The van der Waals surface area contributed by atoms with Crippen LogP contribution in [-0.2, 0) is 0 Å². The summed E-state index contributed by atoms with van der Waals surface area (Å²) in [7, 11) is 4.27. The number of halogens is 2. The monoisotopic (exact) mass is 214 g/mol. The van der Waals surface area contributed by atoms with Crippen LogP contribution < -0.4 is 0 Å². The van der Waals surface area contributed by atoms with E-state index in [0.29, 0.717) is 0 Å². The zero-order valence-corrected chi connectivity index (χ0v) is 9.59. The zero-order chi connectivity index (χ0) is 7.40. The summed E-state index contributed by atoms with van der Waals surface area (Å²) in [6, 6.07) is 0. The molecule has 1 aliphatic heterocycles. The number of hydrogen-bond donors (Lipinski definition) is 0. The third-order valence-corrected chi connectivity index (χ3v) is 1.93. The minimum absolute atomic E-state index is 0. The summed E-state index contributed by atoms with van der Waals surface area (Å²) in [5.74, 6) is 0. The minimum atomic E-state index is 0. The Morgan fingerprint density at radius 2 is 1.50 bits per heavy atom. The second-order valence-corrected chi connectivity index (χ2v) is 3.40. The predicted molar refractivity (Wildman–Crippen MR) is 58.5 cm³/mol. The summed E-state index contributed by atoms with van der Waals surface area (Å²) >= 11 is 0. The fraction of sp³-hybridized carbons (Fsp3) is 1.00. The molecule has 0 aromatic heterocycles. The van der Waals surface area contributed by atoms with Crippen LogP contribution in [0.25, 0.3) is 0 Å². The first-order valence-corrected chi connectivity index (χ1v) is 4.16. The topological polar surface area (TPSA) is 6.48 Å². The van der Waals surface area contributed by atoms with E-state index in [2.05, 4.69) is 23.9 Å². The molecule has 0 aromatic rings. The van der Waals surface area contributed by atoms with Crippen molar-refractivity contribution in [1.82, 2.24) is 9.80 Å². The highest BCUT2D eigenvalue weighted by atomic mass is 35.5. The van der Waals surface area contributed by atoms with Crippen molar-refractivity contribution in [1.29, 1.82) is 0 Å². The molecule has 1 heterocycles. The molecule has 0 aromatic carbocycles. The molecular formula is C8H20Cl2N2. The Labute approximate surface area is 88.1 Å². The lowest BCUT2D eigenvalue weighted by Gasteiger charge is -2.28. The van der Waals surface area contributed by atoms with Crippen molar-refractivity contribution >= 4 is 24.8 Å². The molecule has 0 amide bonds. The molecule has 1 rings (SSSR count). The first-order chi connectivity index (χ1) is 4.79. The molecule has 4 heteroatoms.